The first-order chi connectivity index (χ1) is 8.02. The predicted octanol–water partition coefficient (Wildman–Crippen LogP) is 1.21. The van der Waals surface area contributed by atoms with E-state index >= 15 is 0 Å². The third kappa shape index (κ3) is 1.93. The van der Waals surface area contributed by atoms with Crippen molar-refractivity contribution >= 4 is 11.8 Å². The quantitative estimate of drug-likeness (QED) is 0.813. The van der Waals surface area contributed by atoms with Crippen LogP contribution in [0.2, 0.25) is 0 Å². The van der Waals surface area contributed by atoms with Crippen molar-refractivity contribution in [2.75, 3.05) is 18.1 Å². The fourth-order valence-electron chi connectivity index (χ4n) is 1.63. The lowest BCUT2D eigenvalue weighted by Crippen LogP contribution is -2.07. The molecule has 0 aromatic carbocycles. The van der Waals surface area contributed by atoms with E-state index in [2.05, 4.69) is 20.4 Å². The van der Waals surface area contributed by atoms with Crippen LogP contribution in [-0.2, 0) is 0 Å². The van der Waals surface area contributed by atoms with Gasteiger partial charge in [0.15, 0.2) is 5.82 Å². The van der Waals surface area contributed by atoms with Crippen LogP contribution in [0.1, 0.15) is 17.0 Å². The van der Waals surface area contributed by atoms with Crippen LogP contribution < -0.4 is 11.1 Å². The van der Waals surface area contributed by atoms with Crippen molar-refractivity contribution in [3.05, 3.63) is 23.0 Å². The van der Waals surface area contributed by atoms with E-state index in [0.29, 0.717) is 11.6 Å². The lowest BCUT2D eigenvalue weighted by atomic mass is 10.2. The van der Waals surface area contributed by atoms with Crippen LogP contribution in [0, 0.1) is 20.8 Å². The minimum Gasteiger partial charge on any atom is -0.373 e. The Bertz CT molecular complexity index is 557. The Morgan fingerprint density at radius 1 is 1.24 bits per heavy atom. The number of nitrogen functional groups attached to an aromatic ring is 1. The summed E-state index contributed by atoms with van der Waals surface area (Å²) in [5, 5.41) is 7.39. The molecule has 0 aliphatic rings. The Labute approximate surface area is 99.9 Å². The van der Waals surface area contributed by atoms with Crippen LogP contribution in [0.4, 0.5) is 11.8 Å². The SMILES string of the molecule is CNc1cc(-n2nc(C)c(C)c2C)nc(N)n1. The maximum Gasteiger partial charge on any atom is 0.224 e. The maximum atomic E-state index is 5.66. The second-order valence-corrected chi connectivity index (χ2v) is 3.93. The van der Waals surface area contributed by atoms with E-state index in [0.717, 1.165) is 17.0 Å². The Kier molecular flexibility index (Phi) is 2.71. The molecule has 0 bridgehead atoms. The molecule has 0 aliphatic heterocycles. The summed E-state index contributed by atoms with van der Waals surface area (Å²) in [5.74, 6) is 1.59. The average Bonchev–Trinajstić information content (AvgIpc) is 2.56. The summed E-state index contributed by atoms with van der Waals surface area (Å²) in [6.45, 7) is 6.02. The third-order valence-electron chi connectivity index (χ3n) is 2.86. The number of hydrogen-bond donors (Lipinski definition) is 2. The van der Waals surface area contributed by atoms with Gasteiger partial charge in [-0.2, -0.15) is 15.1 Å². The first-order valence-corrected chi connectivity index (χ1v) is 5.38. The van der Waals surface area contributed by atoms with Crippen LogP contribution in [0.25, 0.3) is 5.82 Å². The molecule has 90 valence electrons. The highest BCUT2D eigenvalue weighted by molar-refractivity contribution is 5.46. The zero-order valence-electron chi connectivity index (χ0n) is 10.4. The second kappa shape index (κ2) is 4.04. The zero-order valence-corrected chi connectivity index (χ0v) is 10.4. The molecule has 3 N–H and O–H groups in total. The van der Waals surface area contributed by atoms with Gasteiger partial charge in [0, 0.05) is 18.8 Å². The van der Waals surface area contributed by atoms with E-state index in [4.69, 9.17) is 5.73 Å². The summed E-state index contributed by atoms with van der Waals surface area (Å²) < 4.78 is 1.78. The van der Waals surface area contributed by atoms with Crippen LogP contribution in [0.3, 0.4) is 0 Å². The van der Waals surface area contributed by atoms with Gasteiger partial charge in [-0.25, -0.2) is 4.68 Å². The summed E-state index contributed by atoms with van der Waals surface area (Å²) in [5.41, 5.74) is 8.87. The predicted molar refractivity (Wildman–Crippen MR) is 67.3 cm³/mol. The Balaban J connectivity index is 2.59. The van der Waals surface area contributed by atoms with E-state index in [-0.39, 0.29) is 5.95 Å². The van der Waals surface area contributed by atoms with Crippen molar-refractivity contribution in [1.82, 2.24) is 19.7 Å². The molecule has 0 atom stereocenters. The molecule has 0 saturated carbocycles. The van der Waals surface area contributed by atoms with Gasteiger partial charge in [0.05, 0.1) is 5.69 Å². The zero-order chi connectivity index (χ0) is 12.6. The van der Waals surface area contributed by atoms with Gasteiger partial charge in [0.2, 0.25) is 5.95 Å². The molecular formula is C11H16N6. The van der Waals surface area contributed by atoms with Crippen LogP contribution in [-0.4, -0.2) is 26.8 Å². The van der Waals surface area contributed by atoms with Gasteiger partial charge in [0.1, 0.15) is 5.82 Å². The fourth-order valence-corrected chi connectivity index (χ4v) is 1.63. The summed E-state index contributed by atoms with van der Waals surface area (Å²) >= 11 is 0. The number of nitrogens with one attached hydrogen (secondary N) is 1. The molecule has 0 spiro atoms. The van der Waals surface area contributed by atoms with E-state index in [1.165, 1.54) is 0 Å². The Morgan fingerprint density at radius 3 is 2.47 bits per heavy atom. The number of anilines is 2. The molecule has 0 aliphatic carbocycles. The van der Waals surface area contributed by atoms with E-state index in [9.17, 15) is 0 Å². The highest BCUT2D eigenvalue weighted by atomic mass is 15.3. The molecule has 0 fully saturated rings. The molecule has 2 rings (SSSR count). The standard InChI is InChI=1S/C11H16N6/c1-6-7(2)16-17(8(6)3)10-5-9(13-4)14-11(12)15-10/h5H,1-4H3,(H3,12,13,14,15). The highest BCUT2D eigenvalue weighted by Crippen LogP contribution is 2.17. The molecule has 0 amide bonds. The summed E-state index contributed by atoms with van der Waals surface area (Å²) in [6, 6.07) is 1.81. The van der Waals surface area contributed by atoms with Crippen molar-refractivity contribution in [3.63, 3.8) is 0 Å². The number of aromatic nitrogens is 4. The van der Waals surface area contributed by atoms with Gasteiger partial charge in [-0.05, 0) is 26.3 Å². The van der Waals surface area contributed by atoms with Crippen LogP contribution in [0.5, 0.6) is 0 Å². The van der Waals surface area contributed by atoms with Crippen molar-refractivity contribution in [3.8, 4) is 5.82 Å². The van der Waals surface area contributed by atoms with Gasteiger partial charge in [-0.1, -0.05) is 0 Å². The summed E-state index contributed by atoms with van der Waals surface area (Å²) in [4.78, 5) is 8.25. The second-order valence-electron chi connectivity index (χ2n) is 3.93. The first kappa shape index (κ1) is 11.4. The summed E-state index contributed by atoms with van der Waals surface area (Å²) in [7, 11) is 1.79. The molecule has 2 aromatic rings. The van der Waals surface area contributed by atoms with E-state index < -0.39 is 0 Å². The maximum absolute atomic E-state index is 5.66. The molecular weight excluding hydrogens is 216 g/mol. The molecule has 0 unspecified atom stereocenters. The van der Waals surface area contributed by atoms with Gasteiger partial charge in [-0.15, -0.1) is 0 Å². The third-order valence-corrected chi connectivity index (χ3v) is 2.86. The van der Waals surface area contributed by atoms with Crippen molar-refractivity contribution in [1.29, 1.82) is 0 Å². The summed E-state index contributed by atoms with van der Waals surface area (Å²) in [6.07, 6.45) is 0. The number of rotatable bonds is 2. The fraction of sp³-hybridized carbons (Fsp3) is 0.364. The molecule has 6 heteroatoms. The highest BCUT2D eigenvalue weighted by Gasteiger charge is 2.11. The van der Waals surface area contributed by atoms with Crippen molar-refractivity contribution < 1.29 is 0 Å². The monoisotopic (exact) mass is 232 g/mol. The minimum absolute atomic E-state index is 0.233. The number of hydrogen-bond acceptors (Lipinski definition) is 5. The van der Waals surface area contributed by atoms with E-state index in [1.54, 1.807) is 11.7 Å². The van der Waals surface area contributed by atoms with Crippen molar-refractivity contribution in [2.45, 2.75) is 20.8 Å². The topological polar surface area (TPSA) is 81.7 Å². The number of aryl methyl sites for hydroxylation is 1. The first-order valence-electron chi connectivity index (χ1n) is 5.38. The molecule has 0 radical (unpaired) electrons. The number of nitrogens with zero attached hydrogens (tertiary/aromatic N) is 4. The molecule has 6 nitrogen and oxygen atoms in total. The molecule has 17 heavy (non-hydrogen) atoms. The van der Waals surface area contributed by atoms with Crippen LogP contribution in [0.15, 0.2) is 6.07 Å². The molecule has 2 heterocycles. The lowest BCUT2D eigenvalue weighted by molar-refractivity contribution is 0.803. The number of nitrogens with two attached hydrogens (primary N) is 1. The largest absolute Gasteiger partial charge is 0.373 e. The van der Waals surface area contributed by atoms with E-state index in [1.807, 2.05) is 26.8 Å². The molecule has 2 aromatic heterocycles. The van der Waals surface area contributed by atoms with Gasteiger partial charge < -0.3 is 11.1 Å². The van der Waals surface area contributed by atoms with Crippen molar-refractivity contribution in [2.24, 2.45) is 0 Å². The molecule has 0 saturated heterocycles. The Morgan fingerprint density at radius 2 is 1.94 bits per heavy atom. The minimum atomic E-state index is 0.233. The normalized spacial score (nSPS) is 10.6. The Hall–Kier alpha value is -2.11. The van der Waals surface area contributed by atoms with Crippen LogP contribution >= 0.6 is 0 Å². The van der Waals surface area contributed by atoms with Gasteiger partial charge in [-0.3, -0.25) is 0 Å². The van der Waals surface area contributed by atoms with Gasteiger partial charge in [0.25, 0.3) is 0 Å². The smallest absolute Gasteiger partial charge is 0.224 e. The lowest BCUT2D eigenvalue weighted by Gasteiger charge is -2.06. The van der Waals surface area contributed by atoms with Gasteiger partial charge >= 0.3 is 0 Å². The average molecular weight is 232 g/mol.